The molecular weight excluding hydrogens is 260 g/mol. The number of hydrogen-bond donors (Lipinski definition) is 2. The minimum Gasteiger partial charge on any atom is -0.493 e. The van der Waals surface area contributed by atoms with Crippen LogP contribution in [0, 0.1) is 5.41 Å². The number of benzene rings is 1. The van der Waals surface area contributed by atoms with Gasteiger partial charge in [0.05, 0.1) is 23.1 Å². The summed E-state index contributed by atoms with van der Waals surface area (Å²) in [5, 5.41) is 3.01. The fourth-order valence-corrected chi connectivity index (χ4v) is 2.04. The number of carbonyl (C=O) groups excluding carboxylic acids is 1. The Labute approximate surface area is 118 Å². The Kier molecular flexibility index (Phi) is 3.75. The molecule has 19 heavy (non-hydrogen) atoms. The van der Waals surface area contributed by atoms with Gasteiger partial charge < -0.3 is 15.8 Å². The summed E-state index contributed by atoms with van der Waals surface area (Å²) in [4.78, 5) is 12.5. The lowest BCUT2D eigenvalue weighted by Crippen LogP contribution is -2.46. The second-order valence-electron chi connectivity index (χ2n) is 5.19. The van der Waals surface area contributed by atoms with Gasteiger partial charge in [-0.3, -0.25) is 4.79 Å². The van der Waals surface area contributed by atoms with E-state index in [1.165, 1.54) is 0 Å². The zero-order valence-corrected chi connectivity index (χ0v) is 11.9. The number of nitrogens with one attached hydrogen (secondary N) is 1. The van der Waals surface area contributed by atoms with E-state index < -0.39 is 5.41 Å². The quantitative estimate of drug-likeness (QED) is 0.829. The lowest BCUT2D eigenvalue weighted by molar-refractivity contribution is -0.127. The van der Waals surface area contributed by atoms with Crippen LogP contribution in [0.2, 0.25) is 0 Å². The maximum absolute atomic E-state index is 12.3. The van der Waals surface area contributed by atoms with E-state index >= 15 is 0 Å². The molecule has 2 rings (SSSR count). The SMILES string of the molecule is CC(C)(C(=O)NC1CCOc2ccccc21)C(N)=S. The van der Waals surface area contributed by atoms with Gasteiger partial charge in [0.1, 0.15) is 5.75 Å². The first-order chi connectivity index (χ1) is 8.93. The second-order valence-corrected chi connectivity index (χ2v) is 5.63. The Balaban J connectivity index is 2.18. The van der Waals surface area contributed by atoms with Crippen molar-refractivity contribution >= 4 is 23.1 Å². The van der Waals surface area contributed by atoms with Crippen LogP contribution >= 0.6 is 12.2 Å². The van der Waals surface area contributed by atoms with Gasteiger partial charge in [-0.25, -0.2) is 0 Å². The van der Waals surface area contributed by atoms with Crippen molar-refractivity contribution in [3.63, 3.8) is 0 Å². The van der Waals surface area contributed by atoms with Crippen LogP contribution in [0.25, 0.3) is 0 Å². The highest BCUT2D eigenvalue weighted by Crippen LogP contribution is 2.32. The largest absolute Gasteiger partial charge is 0.493 e. The van der Waals surface area contributed by atoms with Gasteiger partial charge in [-0.1, -0.05) is 30.4 Å². The molecule has 0 bridgehead atoms. The smallest absolute Gasteiger partial charge is 0.232 e. The number of carbonyl (C=O) groups is 1. The minimum absolute atomic E-state index is 0.0499. The molecule has 1 amide bonds. The molecule has 0 aliphatic carbocycles. The van der Waals surface area contributed by atoms with E-state index in [2.05, 4.69) is 5.32 Å². The van der Waals surface area contributed by atoms with Crippen molar-refractivity contribution in [2.24, 2.45) is 11.1 Å². The molecule has 0 aromatic heterocycles. The van der Waals surface area contributed by atoms with E-state index in [0.717, 1.165) is 17.7 Å². The number of para-hydroxylation sites is 1. The predicted octanol–water partition coefficient (Wildman–Crippen LogP) is 1.94. The van der Waals surface area contributed by atoms with Gasteiger partial charge in [0.25, 0.3) is 0 Å². The molecule has 102 valence electrons. The summed E-state index contributed by atoms with van der Waals surface area (Å²) in [6, 6.07) is 7.68. The van der Waals surface area contributed by atoms with E-state index in [9.17, 15) is 4.79 Å². The number of nitrogens with two attached hydrogens (primary N) is 1. The van der Waals surface area contributed by atoms with Crippen LogP contribution in [0.15, 0.2) is 24.3 Å². The summed E-state index contributed by atoms with van der Waals surface area (Å²) in [7, 11) is 0. The summed E-state index contributed by atoms with van der Waals surface area (Å²) in [6.45, 7) is 4.06. The summed E-state index contributed by atoms with van der Waals surface area (Å²) < 4.78 is 5.57. The average molecular weight is 278 g/mol. The van der Waals surface area contributed by atoms with E-state index in [4.69, 9.17) is 22.7 Å². The van der Waals surface area contributed by atoms with Gasteiger partial charge in [0.15, 0.2) is 0 Å². The Morgan fingerprint density at radius 1 is 1.47 bits per heavy atom. The molecule has 0 radical (unpaired) electrons. The molecule has 3 N–H and O–H groups in total. The third-order valence-electron chi connectivity index (χ3n) is 3.45. The first kappa shape index (κ1) is 13.8. The maximum atomic E-state index is 12.3. The van der Waals surface area contributed by atoms with E-state index in [1.807, 2.05) is 24.3 Å². The Morgan fingerprint density at radius 3 is 2.84 bits per heavy atom. The average Bonchev–Trinajstić information content (AvgIpc) is 2.39. The highest BCUT2D eigenvalue weighted by molar-refractivity contribution is 7.80. The monoisotopic (exact) mass is 278 g/mol. The van der Waals surface area contributed by atoms with Crippen LogP contribution in [0.1, 0.15) is 31.9 Å². The Morgan fingerprint density at radius 2 is 2.16 bits per heavy atom. The topological polar surface area (TPSA) is 64.3 Å². The standard InChI is InChI=1S/C14H18N2O2S/c1-14(2,12(15)19)13(17)16-10-7-8-18-11-6-4-3-5-9(10)11/h3-6,10H,7-8H2,1-2H3,(H2,15,19)(H,16,17). The zero-order valence-electron chi connectivity index (χ0n) is 11.1. The predicted molar refractivity (Wildman–Crippen MR) is 78.0 cm³/mol. The number of thiocarbonyl (C=S) groups is 1. The number of fused-ring (bicyclic) bond motifs is 1. The van der Waals surface area contributed by atoms with Crippen LogP contribution in [0.5, 0.6) is 5.75 Å². The first-order valence-electron chi connectivity index (χ1n) is 6.25. The molecule has 1 unspecified atom stereocenters. The van der Waals surface area contributed by atoms with Crippen molar-refractivity contribution in [2.45, 2.75) is 26.3 Å². The minimum atomic E-state index is -0.845. The highest BCUT2D eigenvalue weighted by atomic mass is 32.1. The van der Waals surface area contributed by atoms with Crippen molar-refractivity contribution in [2.75, 3.05) is 6.61 Å². The van der Waals surface area contributed by atoms with Crippen LogP contribution in [0.4, 0.5) is 0 Å². The van der Waals surface area contributed by atoms with Crippen molar-refractivity contribution in [3.05, 3.63) is 29.8 Å². The summed E-state index contributed by atoms with van der Waals surface area (Å²) in [5.41, 5.74) is 5.77. The molecule has 1 aliphatic heterocycles. The zero-order chi connectivity index (χ0) is 14.0. The van der Waals surface area contributed by atoms with E-state index in [0.29, 0.717) is 6.61 Å². The second kappa shape index (κ2) is 5.17. The van der Waals surface area contributed by atoms with Crippen molar-refractivity contribution in [3.8, 4) is 5.75 Å². The molecule has 1 heterocycles. The summed E-state index contributed by atoms with van der Waals surface area (Å²) >= 11 is 4.95. The fourth-order valence-electron chi connectivity index (χ4n) is 1.94. The third-order valence-corrected chi connectivity index (χ3v) is 3.96. The number of amides is 1. The number of ether oxygens (including phenoxy) is 1. The van der Waals surface area contributed by atoms with Crippen LogP contribution in [0.3, 0.4) is 0 Å². The summed E-state index contributed by atoms with van der Waals surface area (Å²) in [6.07, 6.45) is 0.746. The molecule has 0 saturated heterocycles. The fraction of sp³-hybridized carbons (Fsp3) is 0.429. The van der Waals surface area contributed by atoms with E-state index in [-0.39, 0.29) is 16.9 Å². The molecule has 5 heteroatoms. The van der Waals surface area contributed by atoms with Gasteiger partial charge in [-0.15, -0.1) is 0 Å². The molecule has 1 atom stereocenters. The van der Waals surface area contributed by atoms with Crippen molar-refractivity contribution in [1.29, 1.82) is 0 Å². The molecule has 1 aromatic carbocycles. The Bertz CT molecular complexity index is 514. The Hall–Kier alpha value is -1.62. The van der Waals surface area contributed by atoms with Crippen LogP contribution in [-0.2, 0) is 4.79 Å². The normalized spacial score (nSPS) is 18.1. The highest BCUT2D eigenvalue weighted by Gasteiger charge is 2.33. The van der Waals surface area contributed by atoms with Crippen molar-refractivity contribution in [1.82, 2.24) is 5.32 Å². The number of rotatable bonds is 3. The molecule has 0 saturated carbocycles. The summed E-state index contributed by atoms with van der Waals surface area (Å²) in [5.74, 6) is 0.675. The molecule has 0 spiro atoms. The maximum Gasteiger partial charge on any atom is 0.232 e. The molecule has 1 aliphatic rings. The van der Waals surface area contributed by atoms with Gasteiger partial charge in [-0.05, 0) is 19.9 Å². The molecule has 0 fully saturated rings. The van der Waals surface area contributed by atoms with Gasteiger partial charge in [0.2, 0.25) is 5.91 Å². The van der Waals surface area contributed by atoms with Gasteiger partial charge >= 0.3 is 0 Å². The molecular formula is C14H18N2O2S. The van der Waals surface area contributed by atoms with Gasteiger partial charge in [0, 0.05) is 12.0 Å². The molecule has 4 nitrogen and oxygen atoms in total. The van der Waals surface area contributed by atoms with Crippen molar-refractivity contribution < 1.29 is 9.53 Å². The lowest BCUT2D eigenvalue weighted by Gasteiger charge is -2.30. The van der Waals surface area contributed by atoms with Crippen LogP contribution in [-0.4, -0.2) is 17.5 Å². The first-order valence-corrected chi connectivity index (χ1v) is 6.66. The molecule has 1 aromatic rings. The van der Waals surface area contributed by atoms with E-state index in [1.54, 1.807) is 13.8 Å². The lowest BCUT2D eigenvalue weighted by atomic mass is 9.91. The van der Waals surface area contributed by atoms with Gasteiger partial charge in [-0.2, -0.15) is 0 Å². The number of hydrogen-bond acceptors (Lipinski definition) is 3. The van der Waals surface area contributed by atoms with Crippen LogP contribution < -0.4 is 15.8 Å². The third kappa shape index (κ3) is 2.71.